The third kappa shape index (κ3) is 2.57. The zero-order chi connectivity index (χ0) is 10.6. The maximum atomic E-state index is 11.1. The van der Waals surface area contributed by atoms with E-state index >= 15 is 0 Å². The van der Waals surface area contributed by atoms with Gasteiger partial charge >= 0.3 is 5.97 Å². The van der Waals surface area contributed by atoms with Crippen LogP contribution in [-0.4, -0.2) is 19.1 Å². The first kappa shape index (κ1) is 10.7. The Kier molecular flexibility index (Phi) is 3.65. The maximum Gasteiger partial charge on any atom is 0.322 e. The molecule has 14 heavy (non-hydrogen) atoms. The Balaban J connectivity index is 2.69. The molecule has 1 atom stereocenters. The third-order valence-electron chi connectivity index (χ3n) is 2.21. The molecule has 2 N–H and O–H groups in total. The van der Waals surface area contributed by atoms with Crippen LogP contribution in [0.3, 0.4) is 0 Å². The van der Waals surface area contributed by atoms with Crippen molar-refractivity contribution in [3.8, 4) is 0 Å². The minimum Gasteiger partial charge on any atom is -0.468 e. The molecule has 1 rings (SSSR count). The summed E-state index contributed by atoms with van der Waals surface area (Å²) in [5.41, 5.74) is 7.89. The van der Waals surface area contributed by atoms with Crippen molar-refractivity contribution in [3.63, 3.8) is 0 Å². The topological polar surface area (TPSA) is 52.3 Å². The van der Waals surface area contributed by atoms with Gasteiger partial charge in [0.25, 0.3) is 0 Å². The number of methoxy groups -OCH3 is 1. The Morgan fingerprint density at radius 2 is 2.14 bits per heavy atom. The van der Waals surface area contributed by atoms with Crippen LogP contribution in [-0.2, 0) is 16.0 Å². The van der Waals surface area contributed by atoms with Crippen LogP contribution in [0.1, 0.15) is 11.1 Å². The molecule has 0 aliphatic heterocycles. The molecule has 0 aliphatic rings. The number of ether oxygens (including phenoxy) is 1. The second kappa shape index (κ2) is 4.77. The average Bonchev–Trinajstić information content (AvgIpc) is 2.20. The number of esters is 1. The molecule has 0 aromatic heterocycles. The van der Waals surface area contributed by atoms with E-state index in [4.69, 9.17) is 5.73 Å². The highest BCUT2D eigenvalue weighted by Crippen LogP contribution is 2.09. The Morgan fingerprint density at radius 3 is 2.71 bits per heavy atom. The van der Waals surface area contributed by atoms with Gasteiger partial charge < -0.3 is 10.5 Å². The second-order valence-corrected chi connectivity index (χ2v) is 3.26. The standard InChI is InChI=1S/C11H15NO2/c1-8-5-3-4-6-9(8)7-10(12)11(13)14-2/h3-6,10H,7,12H2,1-2H3. The Labute approximate surface area is 83.9 Å². The molecule has 1 aromatic rings. The fourth-order valence-corrected chi connectivity index (χ4v) is 1.31. The summed E-state index contributed by atoms with van der Waals surface area (Å²) in [5, 5.41) is 0. The summed E-state index contributed by atoms with van der Waals surface area (Å²) in [5.74, 6) is -0.367. The van der Waals surface area contributed by atoms with Crippen molar-refractivity contribution in [1.82, 2.24) is 0 Å². The minimum absolute atomic E-state index is 0.367. The van der Waals surface area contributed by atoms with Gasteiger partial charge in [-0.1, -0.05) is 24.3 Å². The van der Waals surface area contributed by atoms with Gasteiger partial charge in [0.2, 0.25) is 0 Å². The average molecular weight is 193 g/mol. The molecule has 1 unspecified atom stereocenters. The lowest BCUT2D eigenvalue weighted by Crippen LogP contribution is -2.33. The predicted molar refractivity (Wildman–Crippen MR) is 54.9 cm³/mol. The fourth-order valence-electron chi connectivity index (χ4n) is 1.31. The maximum absolute atomic E-state index is 11.1. The van der Waals surface area contributed by atoms with Crippen molar-refractivity contribution in [2.45, 2.75) is 19.4 Å². The Morgan fingerprint density at radius 1 is 1.50 bits per heavy atom. The summed E-state index contributed by atoms with van der Waals surface area (Å²) in [6, 6.07) is 7.30. The number of carbonyl (C=O) groups excluding carboxylic acids is 1. The van der Waals surface area contributed by atoms with E-state index in [9.17, 15) is 4.79 Å². The number of hydrogen-bond donors (Lipinski definition) is 1. The number of benzene rings is 1. The number of hydrogen-bond acceptors (Lipinski definition) is 3. The van der Waals surface area contributed by atoms with Gasteiger partial charge in [-0.05, 0) is 24.5 Å². The Hall–Kier alpha value is -1.35. The van der Waals surface area contributed by atoms with E-state index < -0.39 is 6.04 Å². The second-order valence-electron chi connectivity index (χ2n) is 3.26. The van der Waals surface area contributed by atoms with E-state index in [1.165, 1.54) is 7.11 Å². The van der Waals surface area contributed by atoms with Crippen molar-refractivity contribution < 1.29 is 9.53 Å². The molecule has 0 aliphatic carbocycles. The molecule has 1 aromatic carbocycles. The first-order chi connectivity index (χ1) is 6.65. The van der Waals surface area contributed by atoms with Crippen molar-refractivity contribution in [2.24, 2.45) is 5.73 Å². The number of rotatable bonds is 3. The fraction of sp³-hybridized carbons (Fsp3) is 0.364. The van der Waals surface area contributed by atoms with Gasteiger partial charge in [-0.3, -0.25) is 4.79 Å². The first-order valence-electron chi connectivity index (χ1n) is 4.53. The lowest BCUT2D eigenvalue weighted by Gasteiger charge is -2.10. The highest BCUT2D eigenvalue weighted by atomic mass is 16.5. The lowest BCUT2D eigenvalue weighted by molar-refractivity contribution is -0.142. The zero-order valence-electron chi connectivity index (χ0n) is 8.49. The van der Waals surface area contributed by atoms with Gasteiger partial charge in [0.15, 0.2) is 0 Å². The minimum atomic E-state index is -0.568. The van der Waals surface area contributed by atoms with Crippen LogP contribution in [0.5, 0.6) is 0 Å². The van der Waals surface area contributed by atoms with E-state index in [-0.39, 0.29) is 5.97 Å². The summed E-state index contributed by atoms with van der Waals surface area (Å²) in [6.07, 6.45) is 0.527. The molecule has 0 fully saturated rings. The first-order valence-corrected chi connectivity index (χ1v) is 4.53. The number of aryl methyl sites for hydroxylation is 1. The molecular weight excluding hydrogens is 178 g/mol. The van der Waals surface area contributed by atoms with E-state index in [0.29, 0.717) is 6.42 Å². The van der Waals surface area contributed by atoms with Crippen molar-refractivity contribution in [1.29, 1.82) is 0 Å². The van der Waals surface area contributed by atoms with Gasteiger partial charge in [0, 0.05) is 0 Å². The molecule has 0 saturated heterocycles. The number of nitrogens with two attached hydrogens (primary N) is 1. The van der Waals surface area contributed by atoms with Gasteiger partial charge in [0.1, 0.15) is 6.04 Å². The van der Waals surface area contributed by atoms with Gasteiger partial charge in [0.05, 0.1) is 7.11 Å². The van der Waals surface area contributed by atoms with Crippen molar-refractivity contribution >= 4 is 5.97 Å². The molecule has 0 saturated carbocycles. The summed E-state index contributed by atoms with van der Waals surface area (Å²) >= 11 is 0. The number of carbonyl (C=O) groups is 1. The van der Waals surface area contributed by atoms with Crippen LogP contribution in [0.2, 0.25) is 0 Å². The van der Waals surface area contributed by atoms with E-state index in [2.05, 4.69) is 4.74 Å². The van der Waals surface area contributed by atoms with Crippen LogP contribution in [0, 0.1) is 6.92 Å². The molecule has 0 spiro atoms. The Bertz CT molecular complexity index is 323. The van der Waals surface area contributed by atoms with E-state index in [0.717, 1.165) is 11.1 Å². The summed E-state index contributed by atoms with van der Waals surface area (Å²) in [6.45, 7) is 2.00. The van der Waals surface area contributed by atoms with Crippen LogP contribution < -0.4 is 5.73 Å². The molecule has 0 radical (unpaired) electrons. The molecule has 0 amide bonds. The van der Waals surface area contributed by atoms with Gasteiger partial charge in [-0.25, -0.2) is 0 Å². The predicted octanol–water partition coefficient (Wildman–Crippen LogP) is 1.04. The molecule has 0 bridgehead atoms. The van der Waals surface area contributed by atoms with E-state index in [1.54, 1.807) is 0 Å². The third-order valence-corrected chi connectivity index (χ3v) is 2.21. The van der Waals surface area contributed by atoms with Crippen LogP contribution >= 0.6 is 0 Å². The van der Waals surface area contributed by atoms with Crippen LogP contribution in [0.25, 0.3) is 0 Å². The highest BCUT2D eigenvalue weighted by molar-refractivity contribution is 5.75. The summed E-state index contributed by atoms with van der Waals surface area (Å²) in [7, 11) is 1.35. The molecule has 76 valence electrons. The quantitative estimate of drug-likeness (QED) is 0.730. The normalized spacial score (nSPS) is 12.2. The zero-order valence-corrected chi connectivity index (χ0v) is 8.49. The summed E-state index contributed by atoms with van der Waals surface area (Å²) < 4.78 is 4.56. The molecular formula is C11H15NO2. The monoisotopic (exact) mass is 193 g/mol. The summed E-state index contributed by atoms with van der Waals surface area (Å²) in [4.78, 5) is 11.1. The highest BCUT2D eigenvalue weighted by Gasteiger charge is 2.14. The van der Waals surface area contributed by atoms with E-state index in [1.807, 2.05) is 31.2 Å². The molecule has 3 heteroatoms. The van der Waals surface area contributed by atoms with Crippen molar-refractivity contribution in [2.75, 3.05) is 7.11 Å². The van der Waals surface area contributed by atoms with Gasteiger partial charge in [-0.15, -0.1) is 0 Å². The van der Waals surface area contributed by atoms with Crippen LogP contribution in [0.4, 0.5) is 0 Å². The van der Waals surface area contributed by atoms with Crippen LogP contribution in [0.15, 0.2) is 24.3 Å². The van der Waals surface area contributed by atoms with Crippen molar-refractivity contribution in [3.05, 3.63) is 35.4 Å². The largest absolute Gasteiger partial charge is 0.468 e. The molecule has 0 heterocycles. The SMILES string of the molecule is COC(=O)C(N)Cc1ccccc1C. The molecule has 3 nitrogen and oxygen atoms in total. The van der Waals surface area contributed by atoms with Gasteiger partial charge in [-0.2, -0.15) is 0 Å². The lowest BCUT2D eigenvalue weighted by atomic mass is 10.0. The smallest absolute Gasteiger partial charge is 0.322 e.